The number of hydrogen-bond acceptors (Lipinski definition) is 1. The minimum atomic E-state index is -0.588. The van der Waals surface area contributed by atoms with Crippen molar-refractivity contribution in [3.05, 3.63) is 21.4 Å². The summed E-state index contributed by atoms with van der Waals surface area (Å²) in [6.07, 6.45) is 4.13. The van der Waals surface area contributed by atoms with E-state index in [9.17, 15) is 0 Å². The van der Waals surface area contributed by atoms with Gasteiger partial charge in [-0.05, 0) is 0 Å². The molecule has 1 rings (SSSR count). The zero-order valence-corrected chi connectivity index (χ0v) is 10.3. The molecule has 2 heteroatoms. The van der Waals surface area contributed by atoms with Crippen LogP contribution in [0.4, 0.5) is 0 Å². The van der Waals surface area contributed by atoms with E-state index in [0.29, 0.717) is 0 Å². The predicted octanol–water partition coefficient (Wildman–Crippen LogP) is 0.287. The Kier molecular flexibility index (Phi) is 2.75. The molecule has 0 saturated heterocycles. The fraction of sp³-hybridized carbons (Fsp3) is 0.333. The summed E-state index contributed by atoms with van der Waals surface area (Å²) < 4.78 is 3.59. The SMILES string of the molecule is OCC1=CC=[CH][TlH][CH2]1. The van der Waals surface area contributed by atoms with Crippen LogP contribution in [-0.4, -0.2) is 35.9 Å². The van der Waals surface area contributed by atoms with Crippen molar-refractivity contribution in [2.24, 2.45) is 0 Å². The van der Waals surface area contributed by atoms with Gasteiger partial charge in [-0.25, -0.2) is 0 Å². The van der Waals surface area contributed by atoms with Gasteiger partial charge in [-0.15, -0.1) is 0 Å². The standard InChI is InChI=1S/C6H8O.Tl.H/c1-3-4-6(2)5-7;;/h1,3-4,7H,2,5H2;;. The van der Waals surface area contributed by atoms with Crippen LogP contribution in [-0.2, 0) is 0 Å². The molecule has 0 aromatic heterocycles. The van der Waals surface area contributed by atoms with E-state index in [1.807, 2.05) is 6.08 Å². The van der Waals surface area contributed by atoms with Gasteiger partial charge < -0.3 is 0 Å². The third kappa shape index (κ3) is 1.70. The first-order chi connectivity index (χ1) is 3.93. The number of aliphatic hydroxyl groups is 1. The Hall–Kier alpha value is 0.362. The molecule has 1 heterocycles. The summed E-state index contributed by atoms with van der Waals surface area (Å²) in [4.78, 5) is 0. The molecule has 1 N–H and O–H groups in total. The van der Waals surface area contributed by atoms with Crippen LogP contribution in [0, 0.1) is 0 Å². The first kappa shape index (κ1) is 6.48. The number of allylic oxidation sites excluding steroid dienone is 2. The Balaban J connectivity index is 2.50. The molecule has 0 fully saturated rings. The van der Waals surface area contributed by atoms with E-state index >= 15 is 0 Å². The van der Waals surface area contributed by atoms with Gasteiger partial charge in [0.2, 0.25) is 0 Å². The van der Waals surface area contributed by atoms with Crippen molar-refractivity contribution in [3.63, 3.8) is 0 Å². The van der Waals surface area contributed by atoms with Gasteiger partial charge in [0.15, 0.2) is 0 Å². The van der Waals surface area contributed by atoms with Crippen molar-refractivity contribution >= 4 is 24.2 Å². The molecule has 0 atom stereocenters. The Morgan fingerprint density at radius 1 is 1.75 bits per heavy atom. The molecule has 0 bridgehead atoms. The van der Waals surface area contributed by atoms with Gasteiger partial charge in [0.05, 0.1) is 0 Å². The van der Waals surface area contributed by atoms with Crippen LogP contribution in [0.15, 0.2) is 21.4 Å². The Morgan fingerprint density at radius 3 is 3.00 bits per heavy atom. The molecule has 42 valence electrons. The molecule has 0 saturated carbocycles. The first-order valence-electron chi connectivity index (χ1n) is 2.89. The van der Waals surface area contributed by atoms with E-state index < -0.39 is 24.2 Å². The maximum atomic E-state index is 8.62. The van der Waals surface area contributed by atoms with E-state index in [-0.39, 0.29) is 6.61 Å². The molecule has 1 aliphatic rings. The van der Waals surface area contributed by atoms with Gasteiger partial charge in [0.25, 0.3) is 0 Å². The average Bonchev–Trinajstić information content (AvgIpc) is 1.90. The Morgan fingerprint density at radius 2 is 2.62 bits per heavy atom. The first-order valence-corrected chi connectivity index (χ1v) is 9.95. The predicted molar refractivity (Wildman–Crippen MR) is 36.3 cm³/mol. The molecule has 0 spiro atoms. The summed E-state index contributed by atoms with van der Waals surface area (Å²) in [6.45, 7) is 0.282. The van der Waals surface area contributed by atoms with Gasteiger partial charge in [-0.3, -0.25) is 0 Å². The fourth-order valence-electron chi connectivity index (χ4n) is 0.784. The number of aliphatic hydroxyl groups excluding tert-OH is 1. The summed E-state index contributed by atoms with van der Waals surface area (Å²) in [5.41, 5.74) is 1.24. The molecule has 0 radical (unpaired) electrons. The van der Waals surface area contributed by atoms with E-state index in [1.54, 1.807) is 0 Å². The molecule has 1 nitrogen and oxygen atoms in total. The number of rotatable bonds is 1. The minimum absolute atomic E-state index is 0.282. The summed E-state index contributed by atoms with van der Waals surface area (Å²) in [5.74, 6) is 0. The topological polar surface area (TPSA) is 20.2 Å². The van der Waals surface area contributed by atoms with Crippen LogP contribution < -0.4 is 0 Å². The molecular formula is C6H9OTl. The quantitative estimate of drug-likeness (QED) is 0.690. The van der Waals surface area contributed by atoms with Crippen molar-refractivity contribution in [1.82, 2.24) is 0 Å². The van der Waals surface area contributed by atoms with E-state index in [0.717, 1.165) is 0 Å². The molecule has 8 heavy (non-hydrogen) atoms. The molecule has 1 aliphatic heterocycles. The second kappa shape index (κ2) is 3.40. The van der Waals surface area contributed by atoms with E-state index in [2.05, 4.69) is 9.71 Å². The summed E-state index contributed by atoms with van der Waals surface area (Å²) >= 11 is -0.588. The summed E-state index contributed by atoms with van der Waals surface area (Å²) in [7, 11) is 0. The van der Waals surface area contributed by atoms with E-state index in [4.69, 9.17) is 5.11 Å². The summed E-state index contributed by atoms with van der Waals surface area (Å²) in [5, 5.41) is 8.62. The zero-order valence-electron chi connectivity index (χ0n) is 4.80. The van der Waals surface area contributed by atoms with Gasteiger partial charge in [-0.2, -0.15) is 0 Å². The van der Waals surface area contributed by atoms with Gasteiger partial charge in [0, 0.05) is 0 Å². The Labute approximate surface area is 61.3 Å². The fourth-order valence-corrected chi connectivity index (χ4v) is 5.41. The molecule has 0 unspecified atom stereocenters. The van der Waals surface area contributed by atoms with Crippen molar-refractivity contribution in [1.29, 1.82) is 0 Å². The van der Waals surface area contributed by atoms with Gasteiger partial charge in [0.1, 0.15) is 0 Å². The van der Waals surface area contributed by atoms with Crippen LogP contribution in [0.3, 0.4) is 0 Å². The van der Waals surface area contributed by atoms with Crippen LogP contribution in [0.2, 0.25) is 3.98 Å². The average molecular weight is 302 g/mol. The number of hydrogen-bond donors (Lipinski definition) is 1. The Bertz CT molecular complexity index is 126. The van der Waals surface area contributed by atoms with Crippen LogP contribution >= 0.6 is 0 Å². The summed E-state index contributed by atoms with van der Waals surface area (Å²) in [6, 6.07) is 0. The van der Waals surface area contributed by atoms with Crippen LogP contribution in [0.25, 0.3) is 0 Å². The molecule has 0 aliphatic carbocycles. The zero-order chi connectivity index (χ0) is 5.82. The molecule has 0 aromatic rings. The second-order valence-electron chi connectivity index (χ2n) is 1.95. The van der Waals surface area contributed by atoms with Gasteiger partial charge in [-0.1, -0.05) is 0 Å². The molecule has 0 aromatic carbocycles. The van der Waals surface area contributed by atoms with Crippen molar-refractivity contribution in [2.45, 2.75) is 3.98 Å². The maximum absolute atomic E-state index is 8.62. The van der Waals surface area contributed by atoms with Crippen molar-refractivity contribution in [2.75, 3.05) is 6.61 Å². The second-order valence-corrected chi connectivity index (χ2v) is 7.97. The molecular weight excluding hydrogens is 292 g/mol. The van der Waals surface area contributed by atoms with Crippen molar-refractivity contribution in [3.8, 4) is 0 Å². The van der Waals surface area contributed by atoms with Gasteiger partial charge >= 0.3 is 61.3 Å². The third-order valence-corrected chi connectivity index (χ3v) is 7.28. The normalized spacial score (nSPS) is 17.4. The third-order valence-electron chi connectivity index (χ3n) is 1.30. The van der Waals surface area contributed by atoms with Crippen LogP contribution in [0.5, 0.6) is 0 Å². The molecule has 0 amide bonds. The van der Waals surface area contributed by atoms with Crippen molar-refractivity contribution < 1.29 is 5.11 Å². The van der Waals surface area contributed by atoms with E-state index in [1.165, 1.54) is 9.55 Å². The van der Waals surface area contributed by atoms with Crippen LogP contribution in [0.1, 0.15) is 0 Å². The monoisotopic (exact) mass is 302 g/mol.